The van der Waals surface area contributed by atoms with Gasteiger partial charge in [-0.3, -0.25) is 4.68 Å². The van der Waals surface area contributed by atoms with Crippen molar-refractivity contribution < 1.29 is 4.79 Å². The second-order valence-corrected chi connectivity index (χ2v) is 6.76. The van der Waals surface area contributed by atoms with Crippen molar-refractivity contribution in [3.05, 3.63) is 24.0 Å². The van der Waals surface area contributed by atoms with E-state index in [0.29, 0.717) is 5.92 Å². The number of likely N-dealkylation sites (tertiary alicyclic amines) is 1. The van der Waals surface area contributed by atoms with Crippen LogP contribution in [0.3, 0.4) is 0 Å². The van der Waals surface area contributed by atoms with Crippen molar-refractivity contribution in [1.82, 2.24) is 29.4 Å². The number of carbonyl (C=O) groups excluding carboxylic acids is 1. The highest BCUT2D eigenvalue weighted by Gasteiger charge is 2.25. The minimum absolute atomic E-state index is 0.0489. The monoisotopic (exact) mass is 345 g/mol. The number of carbonyl (C=O) groups is 1. The molecule has 1 aliphatic rings. The Labute approximate surface area is 148 Å². The molecule has 0 saturated carbocycles. The van der Waals surface area contributed by atoms with Crippen LogP contribution in [0.5, 0.6) is 0 Å². The summed E-state index contributed by atoms with van der Waals surface area (Å²) >= 11 is 0. The van der Waals surface area contributed by atoms with Crippen molar-refractivity contribution in [2.45, 2.75) is 53.1 Å². The van der Waals surface area contributed by atoms with Crippen LogP contribution in [0.25, 0.3) is 0 Å². The van der Waals surface area contributed by atoms with Crippen molar-refractivity contribution in [3.63, 3.8) is 0 Å². The summed E-state index contributed by atoms with van der Waals surface area (Å²) in [4.78, 5) is 18.8. The number of rotatable bonds is 5. The summed E-state index contributed by atoms with van der Waals surface area (Å²) in [5, 5.41) is 11.6. The Balaban J connectivity index is 1.56. The Kier molecular flexibility index (Phi) is 5.35. The van der Waals surface area contributed by atoms with Crippen LogP contribution in [0.2, 0.25) is 0 Å². The molecule has 0 spiro atoms. The summed E-state index contributed by atoms with van der Waals surface area (Å²) in [6.45, 7) is 9.19. The zero-order valence-corrected chi connectivity index (χ0v) is 15.3. The molecule has 0 aliphatic carbocycles. The Morgan fingerprint density at radius 2 is 2.24 bits per heavy atom. The summed E-state index contributed by atoms with van der Waals surface area (Å²) < 4.78 is 3.81. The van der Waals surface area contributed by atoms with Gasteiger partial charge in [0.1, 0.15) is 11.6 Å². The molecular formula is C17H27N7O. The van der Waals surface area contributed by atoms with Crippen molar-refractivity contribution in [2.75, 3.05) is 18.4 Å². The maximum Gasteiger partial charge on any atom is 0.321 e. The van der Waals surface area contributed by atoms with E-state index in [1.165, 1.54) is 0 Å². The van der Waals surface area contributed by atoms with Crippen LogP contribution in [-0.4, -0.2) is 48.6 Å². The number of urea groups is 1. The Morgan fingerprint density at radius 3 is 2.96 bits per heavy atom. The average Bonchev–Trinajstić information content (AvgIpc) is 3.14. The summed E-state index contributed by atoms with van der Waals surface area (Å²) in [7, 11) is 0. The topological polar surface area (TPSA) is 80.9 Å². The van der Waals surface area contributed by atoms with E-state index in [0.717, 1.165) is 62.8 Å². The highest BCUT2D eigenvalue weighted by Crippen LogP contribution is 2.20. The molecule has 1 saturated heterocycles. The number of aromatic nitrogens is 5. The van der Waals surface area contributed by atoms with Gasteiger partial charge in [-0.2, -0.15) is 10.2 Å². The molecule has 25 heavy (non-hydrogen) atoms. The average molecular weight is 345 g/mol. The van der Waals surface area contributed by atoms with Crippen molar-refractivity contribution >= 4 is 11.7 Å². The van der Waals surface area contributed by atoms with Gasteiger partial charge in [0, 0.05) is 32.4 Å². The lowest BCUT2D eigenvalue weighted by Crippen LogP contribution is -2.43. The first kappa shape index (κ1) is 17.4. The molecule has 1 atom stereocenters. The zero-order chi connectivity index (χ0) is 17.8. The summed E-state index contributed by atoms with van der Waals surface area (Å²) in [6, 6.07) is -0.0489. The Bertz CT molecular complexity index is 720. The SMILES string of the molecule is CCCn1cc(NC(=O)N2CCCC(Cn3nc(C)nc3C)C2)cn1. The third-order valence-electron chi connectivity index (χ3n) is 4.54. The molecular weight excluding hydrogens is 318 g/mol. The predicted octanol–water partition coefficient (Wildman–Crippen LogP) is 2.45. The second-order valence-electron chi connectivity index (χ2n) is 6.76. The minimum Gasteiger partial charge on any atom is -0.324 e. The van der Waals surface area contributed by atoms with Gasteiger partial charge in [0.25, 0.3) is 0 Å². The lowest BCUT2D eigenvalue weighted by Gasteiger charge is -2.32. The third kappa shape index (κ3) is 4.37. The van der Waals surface area contributed by atoms with Crippen molar-refractivity contribution in [2.24, 2.45) is 5.92 Å². The highest BCUT2D eigenvalue weighted by atomic mass is 16.2. The third-order valence-corrected chi connectivity index (χ3v) is 4.54. The molecule has 0 bridgehead atoms. The van der Waals surface area contributed by atoms with E-state index in [4.69, 9.17) is 0 Å². The molecule has 2 aromatic heterocycles. The van der Waals surface area contributed by atoms with Crippen LogP contribution >= 0.6 is 0 Å². The number of amides is 2. The zero-order valence-electron chi connectivity index (χ0n) is 15.3. The van der Waals surface area contributed by atoms with E-state index in [-0.39, 0.29) is 6.03 Å². The van der Waals surface area contributed by atoms with Gasteiger partial charge in [0.15, 0.2) is 0 Å². The highest BCUT2D eigenvalue weighted by molar-refractivity contribution is 5.89. The van der Waals surface area contributed by atoms with Crippen LogP contribution < -0.4 is 5.32 Å². The van der Waals surface area contributed by atoms with E-state index < -0.39 is 0 Å². The smallest absolute Gasteiger partial charge is 0.321 e. The maximum atomic E-state index is 12.5. The molecule has 8 nitrogen and oxygen atoms in total. The van der Waals surface area contributed by atoms with Crippen LogP contribution in [0.15, 0.2) is 12.4 Å². The van der Waals surface area contributed by atoms with Crippen molar-refractivity contribution in [1.29, 1.82) is 0 Å². The van der Waals surface area contributed by atoms with E-state index in [1.807, 2.05) is 34.3 Å². The lowest BCUT2D eigenvalue weighted by atomic mass is 9.98. The molecule has 1 fully saturated rings. The first-order valence-corrected chi connectivity index (χ1v) is 9.01. The van der Waals surface area contributed by atoms with Crippen LogP contribution in [-0.2, 0) is 13.1 Å². The molecule has 0 radical (unpaired) electrons. The molecule has 0 aromatic carbocycles. The standard InChI is InChI=1S/C17H27N7O/c1-4-7-23-12-16(9-18-23)20-17(25)22-8-5-6-15(10-22)11-24-14(3)19-13(2)21-24/h9,12,15H,4-8,10-11H2,1-3H3,(H,20,25). The van der Waals surface area contributed by atoms with E-state index >= 15 is 0 Å². The van der Waals surface area contributed by atoms with Gasteiger partial charge in [0.05, 0.1) is 11.9 Å². The first-order valence-electron chi connectivity index (χ1n) is 9.01. The number of hydrogen-bond acceptors (Lipinski definition) is 4. The summed E-state index contributed by atoms with van der Waals surface area (Å²) in [5.74, 6) is 2.14. The Morgan fingerprint density at radius 1 is 1.40 bits per heavy atom. The van der Waals surface area contributed by atoms with Gasteiger partial charge in [-0.15, -0.1) is 0 Å². The molecule has 3 heterocycles. The molecule has 2 amide bonds. The van der Waals surface area contributed by atoms with Crippen LogP contribution in [0.4, 0.5) is 10.5 Å². The van der Waals surface area contributed by atoms with E-state index in [1.54, 1.807) is 6.20 Å². The number of anilines is 1. The number of hydrogen-bond donors (Lipinski definition) is 1. The lowest BCUT2D eigenvalue weighted by molar-refractivity contribution is 0.168. The van der Waals surface area contributed by atoms with Gasteiger partial charge >= 0.3 is 6.03 Å². The van der Waals surface area contributed by atoms with Gasteiger partial charge < -0.3 is 10.2 Å². The largest absolute Gasteiger partial charge is 0.324 e. The number of nitrogens with one attached hydrogen (secondary N) is 1. The fourth-order valence-electron chi connectivity index (χ4n) is 3.36. The molecule has 1 unspecified atom stereocenters. The molecule has 1 N–H and O–H groups in total. The van der Waals surface area contributed by atoms with E-state index in [9.17, 15) is 4.79 Å². The van der Waals surface area contributed by atoms with Gasteiger partial charge in [-0.25, -0.2) is 14.5 Å². The van der Waals surface area contributed by atoms with Crippen molar-refractivity contribution in [3.8, 4) is 0 Å². The molecule has 3 rings (SSSR count). The Hall–Kier alpha value is -2.38. The number of piperidine rings is 1. The molecule has 136 valence electrons. The molecule has 8 heteroatoms. The van der Waals surface area contributed by atoms with Crippen LogP contribution in [0.1, 0.15) is 37.8 Å². The number of nitrogens with zero attached hydrogens (tertiary/aromatic N) is 6. The van der Waals surface area contributed by atoms with Gasteiger partial charge in [-0.05, 0) is 39.0 Å². The van der Waals surface area contributed by atoms with Gasteiger partial charge in [-0.1, -0.05) is 6.92 Å². The molecule has 1 aliphatic heterocycles. The second kappa shape index (κ2) is 7.67. The maximum absolute atomic E-state index is 12.5. The normalized spacial score (nSPS) is 17.7. The first-order chi connectivity index (χ1) is 12.0. The summed E-state index contributed by atoms with van der Waals surface area (Å²) in [5.41, 5.74) is 0.753. The minimum atomic E-state index is -0.0489. The summed E-state index contributed by atoms with van der Waals surface area (Å²) in [6.07, 6.45) is 6.72. The predicted molar refractivity (Wildman–Crippen MR) is 95.3 cm³/mol. The fourth-order valence-corrected chi connectivity index (χ4v) is 3.36. The van der Waals surface area contributed by atoms with E-state index in [2.05, 4.69) is 27.4 Å². The number of aryl methyl sites for hydroxylation is 3. The quantitative estimate of drug-likeness (QED) is 0.902. The van der Waals surface area contributed by atoms with Gasteiger partial charge in [0.2, 0.25) is 0 Å². The molecule has 2 aromatic rings. The fraction of sp³-hybridized carbons (Fsp3) is 0.647. The van der Waals surface area contributed by atoms with Crippen LogP contribution in [0, 0.1) is 19.8 Å².